The van der Waals surface area contributed by atoms with Crippen molar-refractivity contribution < 1.29 is 17.6 Å². The smallest absolute Gasteiger partial charge is 0.228 e. The molecule has 1 atom stereocenters. The van der Waals surface area contributed by atoms with Gasteiger partial charge in [-0.2, -0.15) is 0 Å². The summed E-state index contributed by atoms with van der Waals surface area (Å²) in [4.78, 5) is 12.8. The van der Waals surface area contributed by atoms with Crippen molar-refractivity contribution in [3.05, 3.63) is 78.1 Å². The zero-order valence-corrected chi connectivity index (χ0v) is 17.2. The number of halogens is 1. The van der Waals surface area contributed by atoms with Crippen molar-refractivity contribution in [1.29, 1.82) is 0 Å². The lowest BCUT2D eigenvalue weighted by molar-refractivity contribution is -0.120. The van der Waals surface area contributed by atoms with E-state index in [-0.39, 0.29) is 18.2 Å². The van der Waals surface area contributed by atoms with Gasteiger partial charge in [-0.1, -0.05) is 42.5 Å². The predicted octanol–water partition coefficient (Wildman–Crippen LogP) is 4.16. The molecule has 0 bridgehead atoms. The molecule has 5 nitrogen and oxygen atoms in total. The van der Waals surface area contributed by atoms with Gasteiger partial charge in [-0.25, -0.2) is 17.1 Å². The van der Waals surface area contributed by atoms with E-state index in [1.807, 2.05) is 42.5 Å². The molecule has 1 saturated heterocycles. The molecule has 7 heteroatoms. The van der Waals surface area contributed by atoms with E-state index in [1.165, 1.54) is 28.6 Å². The number of hydrogen-bond donors (Lipinski definition) is 1. The Hall–Kier alpha value is -2.77. The largest absolute Gasteiger partial charge is 0.326 e. The zero-order valence-electron chi connectivity index (χ0n) is 16.4. The van der Waals surface area contributed by atoms with Crippen LogP contribution < -0.4 is 5.32 Å². The van der Waals surface area contributed by atoms with Crippen molar-refractivity contribution in [2.45, 2.75) is 18.6 Å². The minimum atomic E-state index is -3.59. The van der Waals surface area contributed by atoms with Crippen LogP contribution in [-0.2, 0) is 20.6 Å². The third kappa shape index (κ3) is 4.68. The number of carbonyl (C=O) groups is 1. The molecule has 3 aromatic carbocycles. The molecule has 1 fully saturated rings. The second-order valence-corrected chi connectivity index (χ2v) is 9.60. The number of hydrogen-bond acceptors (Lipinski definition) is 3. The van der Waals surface area contributed by atoms with E-state index < -0.39 is 21.8 Å². The average molecular weight is 427 g/mol. The first kappa shape index (κ1) is 20.5. The lowest BCUT2D eigenvalue weighted by atomic mass is 9.98. The average Bonchev–Trinajstić information content (AvgIpc) is 2.75. The molecule has 0 spiro atoms. The van der Waals surface area contributed by atoms with Gasteiger partial charge in [-0.3, -0.25) is 4.79 Å². The Kier molecular flexibility index (Phi) is 5.83. The molecule has 3 aromatic rings. The van der Waals surface area contributed by atoms with E-state index in [4.69, 9.17) is 0 Å². The highest BCUT2D eigenvalue weighted by Gasteiger charge is 2.32. The first-order valence-electron chi connectivity index (χ1n) is 9.93. The van der Waals surface area contributed by atoms with Crippen LogP contribution in [0.5, 0.6) is 0 Å². The first-order chi connectivity index (χ1) is 14.4. The van der Waals surface area contributed by atoms with Crippen LogP contribution in [0, 0.1) is 11.7 Å². The van der Waals surface area contributed by atoms with Gasteiger partial charge in [0.1, 0.15) is 5.82 Å². The molecule has 1 heterocycles. The Morgan fingerprint density at radius 1 is 1.03 bits per heavy atom. The third-order valence-corrected chi connectivity index (χ3v) is 7.24. The molecule has 0 aromatic heterocycles. The summed E-state index contributed by atoms with van der Waals surface area (Å²) in [6.07, 6.45) is 1.26. The van der Waals surface area contributed by atoms with Gasteiger partial charge in [-0.05, 0) is 53.4 Å². The lowest BCUT2D eigenvalue weighted by Crippen LogP contribution is -2.44. The molecule has 1 N–H and O–H groups in total. The van der Waals surface area contributed by atoms with Gasteiger partial charge >= 0.3 is 0 Å². The first-order valence-corrected chi connectivity index (χ1v) is 11.5. The van der Waals surface area contributed by atoms with Crippen molar-refractivity contribution in [1.82, 2.24) is 4.31 Å². The molecular formula is C23H23FN2O3S. The molecule has 0 aliphatic carbocycles. The number of nitrogens with zero attached hydrogens (tertiary/aromatic N) is 1. The summed E-state index contributed by atoms with van der Waals surface area (Å²) < 4.78 is 40.1. The van der Waals surface area contributed by atoms with E-state index in [2.05, 4.69) is 5.32 Å². The fourth-order valence-corrected chi connectivity index (χ4v) is 5.41. The van der Waals surface area contributed by atoms with Crippen molar-refractivity contribution in [2.75, 3.05) is 18.4 Å². The fourth-order valence-electron chi connectivity index (χ4n) is 3.80. The van der Waals surface area contributed by atoms with Crippen molar-refractivity contribution >= 4 is 32.4 Å². The third-order valence-electron chi connectivity index (χ3n) is 5.43. The van der Waals surface area contributed by atoms with Crippen LogP contribution in [0.25, 0.3) is 10.8 Å². The molecule has 30 heavy (non-hydrogen) atoms. The summed E-state index contributed by atoms with van der Waals surface area (Å²) >= 11 is 0. The van der Waals surface area contributed by atoms with Crippen LogP contribution in [-0.4, -0.2) is 31.7 Å². The monoisotopic (exact) mass is 426 g/mol. The van der Waals surface area contributed by atoms with Gasteiger partial charge in [0.25, 0.3) is 0 Å². The maximum atomic E-state index is 13.1. The second-order valence-electron chi connectivity index (χ2n) is 7.63. The number of fused-ring (bicyclic) bond motifs is 1. The Balaban J connectivity index is 1.43. The van der Waals surface area contributed by atoms with Gasteiger partial charge in [0.15, 0.2) is 0 Å². The van der Waals surface area contributed by atoms with Crippen molar-refractivity contribution in [3.8, 4) is 0 Å². The predicted molar refractivity (Wildman–Crippen MR) is 116 cm³/mol. The highest BCUT2D eigenvalue weighted by Crippen LogP contribution is 2.24. The highest BCUT2D eigenvalue weighted by atomic mass is 32.2. The highest BCUT2D eigenvalue weighted by molar-refractivity contribution is 7.88. The van der Waals surface area contributed by atoms with E-state index in [9.17, 15) is 17.6 Å². The maximum Gasteiger partial charge on any atom is 0.228 e. The summed E-state index contributed by atoms with van der Waals surface area (Å²) in [6, 6.07) is 19.1. The van der Waals surface area contributed by atoms with Gasteiger partial charge < -0.3 is 5.32 Å². The van der Waals surface area contributed by atoms with Gasteiger partial charge in [0.2, 0.25) is 15.9 Å². The molecule has 1 amide bonds. The number of benzene rings is 3. The standard InChI is InChI=1S/C23H23FN2O3S/c24-21-10-7-17(8-11-21)16-30(28,29)26-13-3-6-20(15-26)23(27)25-22-12-9-18-4-1-2-5-19(18)14-22/h1-2,4-5,7-12,14,20H,3,6,13,15-16H2,(H,25,27)/t20-/m0/s1. The van der Waals surface area contributed by atoms with E-state index in [0.717, 1.165) is 10.8 Å². The Labute approximate surface area is 175 Å². The Morgan fingerprint density at radius 2 is 1.77 bits per heavy atom. The van der Waals surface area contributed by atoms with Crippen LogP contribution in [0.1, 0.15) is 18.4 Å². The molecule has 0 unspecified atom stereocenters. The zero-order chi connectivity index (χ0) is 21.1. The maximum absolute atomic E-state index is 13.1. The van der Waals surface area contributed by atoms with E-state index in [1.54, 1.807) is 0 Å². The lowest BCUT2D eigenvalue weighted by Gasteiger charge is -2.31. The van der Waals surface area contributed by atoms with Crippen LogP contribution in [0.4, 0.5) is 10.1 Å². The molecule has 156 valence electrons. The Morgan fingerprint density at radius 3 is 2.53 bits per heavy atom. The summed E-state index contributed by atoms with van der Waals surface area (Å²) in [5.74, 6) is -1.19. The summed E-state index contributed by atoms with van der Waals surface area (Å²) in [7, 11) is -3.59. The number of nitrogens with one attached hydrogen (secondary N) is 1. The van der Waals surface area contributed by atoms with Crippen LogP contribution in [0.15, 0.2) is 66.7 Å². The van der Waals surface area contributed by atoms with Crippen LogP contribution in [0.3, 0.4) is 0 Å². The summed E-state index contributed by atoms with van der Waals surface area (Å²) in [5.41, 5.74) is 1.23. The molecule has 4 rings (SSSR count). The Bertz CT molecular complexity index is 1160. The molecule has 0 radical (unpaired) electrons. The molecule has 0 saturated carbocycles. The van der Waals surface area contributed by atoms with Crippen molar-refractivity contribution in [3.63, 3.8) is 0 Å². The number of sulfonamides is 1. The normalized spacial score (nSPS) is 17.7. The van der Waals surface area contributed by atoms with Gasteiger partial charge in [-0.15, -0.1) is 0 Å². The number of piperidine rings is 1. The van der Waals surface area contributed by atoms with Gasteiger partial charge in [0.05, 0.1) is 11.7 Å². The van der Waals surface area contributed by atoms with Gasteiger partial charge in [0, 0.05) is 18.8 Å². The number of rotatable bonds is 5. The second kappa shape index (κ2) is 8.53. The number of carbonyl (C=O) groups excluding carboxylic acids is 1. The summed E-state index contributed by atoms with van der Waals surface area (Å²) in [6.45, 7) is 0.548. The van der Waals surface area contributed by atoms with E-state index >= 15 is 0 Å². The molecular weight excluding hydrogens is 403 g/mol. The van der Waals surface area contributed by atoms with Crippen LogP contribution >= 0.6 is 0 Å². The minimum absolute atomic E-state index is 0.156. The molecule has 1 aliphatic heterocycles. The molecule has 1 aliphatic rings. The van der Waals surface area contributed by atoms with Crippen LogP contribution in [0.2, 0.25) is 0 Å². The minimum Gasteiger partial charge on any atom is -0.326 e. The van der Waals surface area contributed by atoms with E-state index in [0.29, 0.717) is 30.6 Å². The number of amides is 1. The topological polar surface area (TPSA) is 66.5 Å². The number of anilines is 1. The quantitative estimate of drug-likeness (QED) is 0.666. The van der Waals surface area contributed by atoms with Crippen molar-refractivity contribution in [2.24, 2.45) is 5.92 Å². The SMILES string of the molecule is O=C(Nc1ccc2ccccc2c1)[C@H]1CCCN(S(=O)(=O)Cc2ccc(F)cc2)C1. The fraction of sp³-hybridized carbons (Fsp3) is 0.261. The summed E-state index contributed by atoms with van der Waals surface area (Å²) in [5, 5.41) is 5.05.